The average molecular weight is 519 g/mol. The second kappa shape index (κ2) is 12.9. The van der Waals surface area contributed by atoms with Gasteiger partial charge in [-0.1, -0.05) is 48.5 Å². The topological polar surface area (TPSA) is 54.7 Å². The summed E-state index contributed by atoms with van der Waals surface area (Å²) >= 11 is 0. The summed E-state index contributed by atoms with van der Waals surface area (Å²) in [6, 6.07) is 20.2. The lowest BCUT2D eigenvalue weighted by atomic mass is 10.2. The molecule has 0 aliphatic rings. The van der Waals surface area contributed by atoms with Gasteiger partial charge in [-0.15, -0.1) is 24.0 Å². The van der Waals surface area contributed by atoms with Gasteiger partial charge in [-0.2, -0.15) is 0 Å². The van der Waals surface area contributed by atoms with Crippen LogP contribution in [0.5, 0.6) is 5.75 Å². The van der Waals surface area contributed by atoms with Gasteiger partial charge in [0.15, 0.2) is 5.96 Å². The van der Waals surface area contributed by atoms with Crippen LogP contribution in [0.1, 0.15) is 18.3 Å². The van der Waals surface area contributed by atoms with Crippen molar-refractivity contribution in [3.05, 3.63) is 84.4 Å². The molecule has 0 aliphatic heterocycles. The van der Waals surface area contributed by atoms with E-state index in [1.54, 1.807) is 0 Å². The number of hydrogen-bond acceptors (Lipinski definition) is 3. The molecule has 30 heavy (non-hydrogen) atoms. The van der Waals surface area contributed by atoms with Crippen LogP contribution in [0.3, 0.4) is 0 Å². The van der Waals surface area contributed by atoms with E-state index >= 15 is 0 Å². The summed E-state index contributed by atoms with van der Waals surface area (Å²) in [5.41, 5.74) is 1.25. The first kappa shape index (κ1) is 23.7. The normalized spacial score (nSPS) is 10.9. The van der Waals surface area contributed by atoms with E-state index in [-0.39, 0.29) is 24.0 Å². The minimum absolute atomic E-state index is 0. The van der Waals surface area contributed by atoms with E-state index in [0.29, 0.717) is 13.2 Å². The van der Waals surface area contributed by atoms with Crippen molar-refractivity contribution >= 4 is 29.9 Å². The van der Waals surface area contributed by atoms with E-state index in [4.69, 9.17) is 9.73 Å². The zero-order valence-electron chi connectivity index (χ0n) is 17.6. The van der Waals surface area contributed by atoms with Crippen molar-refractivity contribution < 1.29 is 4.74 Å². The van der Waals surface area contributed by atoms with E-state index in [9.17, 15) is 0 Å². The Hall–Kier alpha value is -2.55. The van der Waals surface area contributed by atoms with Crippen LogP contribution in [0.4, 0.5) is 0 Å². The van der Waals surface area contributed by atoms with Crippen LogP contribution in [0.15, 0.2) is 78.0 Å². The van der Waals surface area contributed by atoms with Gasteiger partial charge in [0.1, 0.15) is 24.7 Å². The Kier molecular flexibility index (Phi) is 10.2. The fourth-order valence-electron chi connectivity index (χ4n) is 2.95. The van der Waals surface area contributed by atoms with Gasteiger partial charge in [-0.3, -0.25) is 0 Å². The highest BCUT2D eigenvalue weighted by molar-refractivity contribution is 14.0. The molecule has 2 aromatic carbocycles. The van der Waals surface area contributed by atoms with Crippen LogP contribution in [0, 0.1) is 0 Å². The third-order valence-corrected chi connectivity index (χ3v) is 4.50. The van der Waals surface area contributed by atoms with Gasteiger partial charge in [0.25, 0.3) is 0 Å². The number of hydrogen-bond donors (Lipinski definition) is 1. The number of nitrogens with zero attached hydrogens (tertiary/aromatic N) is 4. The van der Waals surface area contributed by atoms with E-state index in [0.717, 1.165) is 37.2 Å². The average Bonchev–Trinajstić information content (AvgIpc) is 3.19. The molecule has 1 aromatic heterocycles. The summed E-state index contributed by atoms with van der Waals surface area (Å²) in [4.78, 5) is 11.3. The first-order valence-corrected chi connectivity index (χ1v) is 9.97. The summed E-state index contributed by atoms with van der Waals surface area (Å²) in [5.74, 6) is 2.67. The molecule has 0 saturated carbocycles. The van der Waals surface area contributed by atoms with Crippen molar-refractivity contribution in [3.8, 4) is 5.75 Å². The van der Waals surface area contributed by atoms with Crippen LogP contribution in [0.2, 0.25) is 0 Å². The van der Waals surface area contributed by atoms with Crippen molar-refractivity contribution in [2.24, 2.45) is 4.99 Å². The largest absolute Gasteiger partial charge is 0.492 e. The van der Waals surface area contributed by atoms with E-state index in [1.165, 1.54) is 5.56 Å². The number of guanidine groups is 1. The maximum atomic E-state index is 5.80. The van der Waals surface area contributed by atoms with Gasteiger partial charge in [-0.25, -0.2) is 9.98 Å². The van der Waals surface area contributed by atoms with Gasteiger partial charge in [0.2, 0.25) is 0 Å². The second-order valence-corrected chi connectivity index (χ2v) is 6.71. The summed E-state index contributed by atoms with van der Waals surface area (Å²) in [6.07, 6.45) is 3.83. The maximum absolute atomic E-state index is 5.80. The minimum atomic E-state index is 0. The fourth-order valence-corrected chi connectivity index (χ4v) is 2.95. The molecule has 0 fully saturated rings. The molecular formula is C23H30IN5O. The summed E-state index contributed by atoms with van der Waals surface area (Å²) in [7, 11) is 2.02. The van der Waals surface area contributed by atoms with Crippen LogP contribution in [-0.2, 0) is 13.1 Å². The molecule has 1 N–H and O–H groups in total. The number of para-hydroxylation sites is 1. The zero-order chi connectivity index (χ0) is 20.3. The first-order valence-electron chi connectivity index (χ1n) is 9.97. The standard InChI is InChI=1S/C23H29N5O.HI/c1-3-24-23(27(2)16-17-29-21-12-8-5-9-13-21)26-18-22-25-14-15-28(22)19-20-10-6-4-7-11-20;/h4-15H,3,16-19H2,1-2H3,(H,24,26);1H. The van der Waals surface area contributed by atoms with Crippen molar-refractivity contribution in [1.29, 1.82) is 0 Å². The number of aliphatic imine (C=N–C) groups is 1. The van der Waals surface area contributed by atoms with Crippen molar-refractivity contribution in [2.75, 3.05) is 26.7 Å². The number of rotatable bonds is 9. The molecule has 3 rings (SSSR count). The Balaban J connectivity index is 0.00000320. The Morgan fingerprint density at radius 2 is 1.80 bits per heavy atom. The third kappa shape index (κ3) is 7.37. The van der Waals surface area contributed by atoms with Gasteiger partial charge in [0, 0.05) is 32.5 Å². The molecule has 0 bridgehead atoms. The van der Waals surface area contributed by atoms with E-state index in [1.807, 2.05) is 55.8 Å². The SMILES string of the molecule is CCNC(=NCc1nccn1Cc1ccccc1)N(C)CCOc1ccccc1.I. The summed E-state index contributed by atoms with van der Waals surface area (Å²) in [5, 5.41) is 3.35. The number of halogens is 1. The van der Waals surface area contributed by atoms with Gasteiger partial charge >= 0.3 is 0 Å². The maximum Gasteiger partial charge on any atom is 0.194 e. The lowest BCUT2D eigenvalue weighted by Gasteiger charge is -2.22. The van der Waals surface area contributed by atoms with Crippen LogP contribution in [0.25, 0.3) is 0 Å². The van der Waals surface area contributed by atoms with Crippen molar-refractivity contribution in [3.63, 3.8) is 0 Å². The second-order valence-electron chi connectivity index (χ2n) is 6.71. The number of ether oxygens (including phenoxy) is 1. The number of aromatic nitrogens is 2. The lowest BCUT2D eigenvalue weighted by molar-refractivity contribution is 0.281. The smallest absolute Gasteiger partial charge is 0.194 e. The number of benzene rings is 2. The fraction of sp³-hybridized carbons (Fsp3) is 0.304. The van der Waals surface area contributed by atoms with E-state index < -0.39 is 0 Å². The number of likely N-dealkylation sites (N-methyl/N-ethyl adjacent to an activating group) is 1. The highest BCUT2D eigenvalue weighted by Crippen LogP contribution is 2.09. The van der Waals surface area contributed by atoms with Gasteiger partial charge in [0.05, 0.1) is 6.54 Å². The predicted octanol–water partition coefficient (Wildman–Crippen LogP) is 4.03. The molecule has 0 aliphatic carbocycles. The van der Waals surface area contributed by atoms with Crippen molar-refractivity contribution in [1.82, 2.24) is 19.8 Å². The van der Waals surface area contributed by atoms with Crippen LogP contribution in [-0.4, -0.2) is 47.2 Å². The summed E-state index contributed by atoms with van der Waals surface area (Å²) < 4.78 is 7.94. The quantitative estimate of drug-likeness (QED) is 0.264. The Morgan fingerprint density at radius 1 is 1.10 bits per heavy atom. The Labute approximate surface area is 196 Å². The zero-order valence-corrected chi connectivity index (χ0v) is 19.9. The monoisotopic (exact) mass is 519 g/mol. The molecule has 1 heterocycles. The lowest BCUT2D eigenvalue weighted by Crippen LogP contribution is -2.40. The van der Waals surface area contributed by atoms with Gasteiger partial charge < -0.3 is 19.5 Å². The van der Waals surface area contributed by atoms with Crippen molar-refractivity contribution in [2.45, 2.75) is 20.0 Å². The Morgan fingerprint density at radius 3 is 2.50 bits per heavy atom. The molecule has 0 unspecified atom stereocenters. The first-order chi connectivity index (χ1) is 14.3. The van der Waals surface area contributed by atoms with Crippen LogP contribution < -0.4 is 10.1 Å². The third-order valence-electron chi connectivity index (χ3n) is 4.50. The molecule has 160 valence electrons. The predicted molar refractivity (Wildman–Crippen MR) is 133 cm³/mol. The highest BCUT2D eigenvalue weighted by Gasteiger charge is 2.08. The molecule has 7 heteroatoms. The molecular weight excluding hydrogens is 489 g/mol. The summed E-state index contributed by atoms with van der Waals surface area (Å²) in [6.45, 7) is 5.52. The highest BCUT2D eigenvalue weighted by atomic mass is 127. The molecule has 0 radical (unpaired) electrons. The molecule has 0 atom stereocenters. The molecule has 6 nitrogen and oxygen atoms in total. The van der Waals surface area contributed by atoms with E-state index in [2.05, 4.69) is 51.0 Å². The molecule has 3 aromatic rings. The number of imidazole rings is 1. The molecule has 0 spiro atoms. The Bertz CT molecular complexity index is 883. The molecule has 0 saturated heterocycles. The molecule has 0 amide bonds. The number of nitrogens with one attached hydrogen (secondary N) is 1. The minimum Gasteiger partial charge on any atom is -0.492 e. The van der Waals surface area contributed by atoms with Crippen LogP contribution >= 0.6 is 24.0 Å². The van der Waals surface area contributed by atoms with Gasteiger partial charge in [-0.05, 0) is 24.6 Å².